The van der Waals surface area contributed by atoms with Gasteiger partial charge in [-0.3, -0.25) is 4.79 Å². The Hall–Kier alpha value is -1.43. The van der Waals surface area contributed by atoms with E-state index < -0.39 is 0 Å². The maximum Gasteiger partial charge on any atom is 0.263 e. The summed E-state index contributed by atoms with van der Waals surface area (Å²) in [7, 11) is 0. The molecule has 0 saturated heterocycles. The monoisotopic (exact) mass is 322 g/mol. The first kappa shape index (κ1) is 14.5. The van der Waals surface area contributed by atoms with Gasteiger partial charge in [0.25, 0.3) is 5.91 Å². The Labute approximate surface area is 131 Å². The van der Waals surface area contributed by atoms with E-state index in [1.54, 1.807) is 12.3 Å². The highest BCUT2D eigenvalue weighted by atomic mass is 35.5. The van der Waals surface area contributed by atoms with Crippen molar-refractivity contribution in [1.82, 2.24) is 10.3 Å². The van der Waals surface area contributed by atoms with Crippen molar-refractivity contribution in [2.45, 2.75) is 12.8 Å². The number of carbonyl (C=O) groups excluding carboxylic acids is 1. The maximum absolute atomic E-state index is 12.1. The largest absolute Gasteiger partial charge is 0.396 e. The summed E-state index contributed by atoms with van der Waals surface area (Å²) >= 11 is 7.45. The highest BCUT2D eigenvalue weighted by Gasteiger charge is 2.42. The van der Waals surface area contributed by atoms with Crippen LogP contribution in [0, 0.1) is 5.41 Å². The fraction of sp³-hybridized carbons (Fsp3) is 0.333. The molecular formula is C15H15ClN2O2S. The summed E-state index contributed by atoms with van der Waals surface area (Å²) in [6.45, 7) is 0.641. The lowest BCUT2D eigenvalue weighted by Crippen LogP contribution is -2.31. The number of carbonyl (C=O) groups is 1. The van der Waals surface area contributed by atoms with Gasteiger partial charge < -0.3 is 10.4 Å². The Morgan fingerprint density at radius 1 is 1.43 bits per heavy atom. The van der Waals surface area contributed by atoms with Gasteiger partial charge in [-0.1, -0.05) is 29.8 Å². The summed E-state index contributed by atoms with van der Waals surface area (Å²) in [5, 5.41) is 13.5. The molecule has 3 rings (SSSR count). The molecule has 1 amide bonds. The predicted octanol–water partition coefficient (Wildman–Crippen LogP) is 2.97. The second kappa shape index (κ2) is 5.75. The molecular weight excluding hydrogens is 308 g/mol. The Morgan fingerprint density at radius 3 is 2.86 bits per heavy atom. The molecule has 0 unspecified atom stereocenters. The van der Waals surface area contributed by atoms with Crippen LogP contribution in [0.4, 0.5) is 0 Å². The fourth-order valence-corrected chi connectivity index (χ4v) is 3.21. The molecule has 1 fully saturated rings. The summed E-state index contributed by atoms with van der Waals surface area (Å²) < 4.78 is 0. The highest BCUT2D eigenvalue weighted by Crippen LogP contribution is 2.44. The Balaban J connectivity index is 1.70. The van der Waals surface area contributed by atoms with Crippen molar-refractivity contribution in [3.63, 3.8) is 0 Å². The molecule has 0 aliphatic heterocycles. The summed E-state index contributed by atoms with van der Waals surface area (Å²) in [5.74, 6) is -0.148. The van der Waals surface area contributed by atoms with E-state index in [-0.39, 0.29) is 17.9 Å². The van der Waals surface area contributed by atoms with Gasteiger partial charge in [0.1, 0.15) is 9.88 Å². The van der Waals surface area contributed by atoms with E-state index in [9.17, 15) is 9.90 Å². The molecule has 2 aromatic rings. The third kappa shape index (κ3) is 3.10. The van der Waals surface area contributed by atoms with Crippen molar-refractivity contribution in [1.29, 1.82) is 0 Å². The lowest BCUT2D eigenvalue weighted by Gasteiger charge is -2.11. The number of aliphatic hydroxyl groups is 1. The number of amides is 1. The number of halogens is 1. The van der Waals surface area contributed by atoms with Crippen LogP contribution < -0.4 is 5.32 Å². The van der Waals surface area contributed by atoms with E-state index in [1.807, 2.05) is 18.2 Å². The predicted molar refractivity (Wildman–Crippen MR) is 83.6 cm³/mol. The van der Waals surface area contributed by atoms with Crippen molar-refractivity contribution in [2.75, 3.05) is 13.2 Å². The second-order valence-corrected chi connectivity index (χ2v) is 6.79. The van der Waals surface area contributed by atoms with E-state index in [0.29, 0.717) is 16.4 Å². The van der Waals surface area contributed by atoms with Gasteiger partial charge in [0.05, 0.1) is 17.8 Å². The number of aromatic nitrogens is 1. The van der Waals surface area contributed by atoms with E-state index in [2.05, 4.69) is 10.3 Å². The average Bonchev–Trinajstić information content (AvgIpc) is 3.12. The zero-order chi connectivity index (χ0) is 14.9. The first-order valence-corrected chi connectivity index (χ1v) is 7.93. The molecule has 1 aliphatic rings. The molecule has 0 radical (unpaired) electrons. The molecule has 110 valence electrons. The lowest BCUT2D eigenvalue weighted by atomic mass is 10.1. The van der Waals surface area contributed by atoms with Gasteiger partial charge in [0.2, 0.25) is 0 Å². The zero-order valence-corrected chi connectivity index (χ0v) is 12.9. The van der Waals surface area contributed by atoms with Crippen LogP contribution in [0.2, 0.25) is 5.02 Å². The molecule has 6 heteroatoms. The average molecular weight is 323 g/mol. The van der Waals surface area contributed by atoms with Crippen LogP contribution in [-0.4, -0.2) is 29.1 Å². The number of thiazole rings is 1. The number of nitrogens with zero attached hydrogens (tertiary/aromatic N) is 1. The third-order valence-corrected chi connectivity index (χ3v) is 5.11. The van der Waals surface area contributed by atoms with Crippen molar-refractivity contribution in [3.05, 3.63) is 40.4 Å². The van der Waals surface area contributed by atoms with E-state index >= 15 is 0 Å². The summed E-state index contributed by atoms with van der Waals surface area (Å²) in [4.78, 5) is 16.9. The molecule has 2 N–H and O–H groups in total. The van der Waals surface area contributed by atoms with Gasteiger partial charge in [0.15, 0.2) is 0 Å². The Bertz CT molecular complexity index is 667. The van der Waals surface area contributed by atoms with Crippen LogP contribution in [0.1, 0.15) is 22.5 Å². The van der Waals surface area contributed by atoms with Gasteiger partial charge >= 0.3 is 0 Å². The van der Waals surface area contributed by atoms with Gasteiger partial charge in [-0.25, -0.2) is 4.98 Å². The SMILES string of the molecule is O=C(NCC1(CO)CC1)c1cnc(-c2ccccc2Cl)s1. The summed E-state index contributed by atoms with van der Waals surface area (Å²) in [5.41, 5.74) is 0.739. The third-order valence-electron chi connectivity index (χ3n) is 3.75. The molecule has 0 bridgehead atoms. The van der Waals surface area contributed by atoms with Gasteiger partial charge in [0, 0.05) is 17.5 Å². The first-order valence-electron chi connectivity index (χ1n) is 6.73. The molecule has 1 aromatic carbocycles. The molecule has 0 atom stereocenters. The van der Waals surface area contributed by atoms with E-state index in [1.165, 1.54) is 11.3 Å². The lowest BCUT2D eigenvalue weighted by molar-refractivity contribution is 0.0939. The van der Waals surface area contributed by atoms with Crippen molar-refractivity contribution >= 4 is 28.8 Å². The van der Waals surface area contributed by atoms with Crippen molar-refractivity contribution < 1.29 is 9.90 Å². The van der Waals surface area contributed by atoms with Crippen LogP contribution in [0.15, 0.2) is 30.5 Å². The molecule has 0 spiro atoms. The molecule has 1 aromatic heterocycles. The quantitative estimate of drug-likeness (QED) is 0.889. The maximum atomic E-state index is 12.1. The minimum atomic E-state index is -0.148. The number of rotatable bonds is 5. The smallest absolute Gasteiger partial charge is 0.263 e. The normalized spacial score (nSPS) is 15.7. The molecule has 1 aliphatic carbocycles. The first-order chi connectivity index (χ1) is 10.1. The molecule has 21 heavy (non-hydrogen) atoms. The molecule has 1 saturated carbocycles. The van der Waals surface area contributed by atoms with E-state index in [4.69, 9.17) is 11.6 Å². The topological polar surface area (TPSA) is 62.2 Å². The zero-order valence-electron chi connectivity index (χ0n) is 11.3. The van der Waals surface area contributed by atoms with Gasteiger partial charge in [-0.2, -0.15) is 0 Å². The van der Waals surface area contributed by atoms with Crippen LogP contribution in [-0.2, 0) is 0 Å². The van der Waals surface area contributed by atoms with Crippen molar-refractivity contribution in [2.24, 2.45) is 5.41 Å². The standard InChI is InChI=1S/C15H15ClN2O2S/c16-11-4-2-1-3-10(11)14-17-7-12(21-14)13(20)18-8-15(9-19)5-6-15/h1-4,7,19H,5-6,8-9H2,(H,18,20). The number of hydrogen-bond donors (Lipinski definition) is 2. The van der Waals surface area contributed by atoms with Crippen LogP contribution in [0.25, 0.3) is 10.6 Å². The Kier molecular flexibility index (Phi) is 3.97. The number of hydrogen-bond acceptors (Lipinski definition) is 4. The van der Waals surface area contributed by atoms with Crippen LogP contribution in [0.3, 0.4) is 0 Å². The highest BCUT2D eigenvalue weighted by molar-refractivity contribution is 7.17. The number of nitrogens with one attached hydrogen (secondary N) is 1. The minimum absolute atomic E-state index is 0.0914. The minimum Gasteiger partial charge on any atom is -0.396 e. The Morgan fingerprint density at radius 2 is 2.19 bits per heavy atom. The van der Waals surface area contributed by atoms with Gasteiger partial charge in [-0.05, 0) is 18.9 Å². The van der Waals surface area contributed by atoms with Gasteiger partial charge in [-0.15, -0.1) is 11.3 Å². The number of aliphatic hydroxyl groups excluding tert-OH is 1. The number of benzene rings is 1. The molecule has 1 heterocycles. The van der Waals surface area contributed by atoms with Crippen molar-refractivity contribution in [3.8, 4) is 10.6 Å². The van der Waals surface area contributed by atoms with E-state index in [0.717, 1.165) is 23.4 Å². The summed E-state index contributed by atoms with van der Waals surface area (Å²) in [6.07, 6.45) is 3.51. The summed E-state index contributed by atoms with van der Waals surface area (Å²) in [6, 6.07) is 7.43. The molecule has 4 nitrogen and oxygen atoms in total. The van der Waals surface area contributed by atoms with Crippen LogP contribution >= 0.6 is 22.9 Å². The van der Waals surface area contributed by atoms with Crippen LogP contribution in [0.5, 0.6) is 0 Å². The second-order valence-electron chi connectivity index (χ2n) is 5.35. The fourth-order valence-electron chi connectivity index (χ4n) is 2.06.